The van der Waals surface area contributed by atoms with E-state index in [-0.39, 0.29) is 18.4 Å². The first-order valence-electron chi connectivity index (χ1n) is 7.73. The highest BCUT2D eigenvalue weighted by atomic mass is 19.3. The van der Waals surface area contributed by atoms with Gasteiger partial charge in [-0.15, -0.1) is 0 Å². The maximum absolute atomic E-state index is 12.3. The summed E-state index contributed by atoms with van der Waals surface area (Å²) in [4.78, 5) is 25.0. The molecule has 1 heterocycles. The summed E-state index contributed by atoms with van der Waals surface area (Å²) in [5, 5.41) is 2.74. The van der Waals surface area contributed by atoms with Gasteiger partial charge >= 0.3 is 6.03 Å². The highest BCUT2D eigenvalue weighted by molar-refractivity contribution is 5.93. The molecule has 0 unspecified atom stereocenters. The average molecular weight is 341 g/mol. The molecule has 24 heavy (non-hydrogen) atoms. The van der Waals surface area contributed by atoms with Gasteiger partial charge in [0.15, 0.2) is 0 Å². The number of carbonyl (C=O) groups is 2. The zero-order chi connectivity index (χ0) is 17.7. The lowest BCUT2D eigenvalue weighted by Crippen LogP contribution is -2.46. The number of rotatable bonds is 5. The summed E-state index contributed by atoms with van der Waals surface area (Å²) in [5.41, 5.74) is 6.42. The van der Waals surface area contributed by atoms with E-state index in [1.54, 1.807) is 19.1 Å². The zero-order valence-corrected chi connectivity index (χ0v) is 13.4. The number of amides is 3. The van der Waals surface area contributed by atoms with Gasteiger partial charge in [-0.1, -0.05) is 6.07 Å². The molecule has 1 aliphatic rings. The predicted molar refractivity (Wildman–Crippen MR) is 85.2 cm³/mol. The van der Waals surface area contributed by atoms with Gasteiger partial charge < -0.3 is 20.7 Å². The monoisotopic (exact) mass is 341 g/mol. The second-order valence-corrected chi connectivity index (χ2v) is 5.80. The summed E-state index contributed by atoms with van der Waals surface area (Å²) in [6.07, 6.45) is -1.20. The lowest BCUT2D eigenvalue weighted by atomic mass is 9.97. The van der Waals surface area contributed by atoms with Gasteiger partial charge in [-0.3, -0.25) is 4.79 Å². The van der Waals surface area contributed by atoms with Crippen LogP contribution in [0.25, 0.3) is 0 Å². The van der Waals surface area contributed by atoms with Crippen LogP contribution in [-0.2, 0) is 4.79 Å². The van der Waals surface area contributed by atoms with Crippen LogP contribution in [0.4, 0.5) is 19.3 Å². The number of hydrogen-bond donors (Lipinski definition) is 2. The van der Waals surface area contributed by atoms with Crippen LogP contribution in [0.1, 0.15) is 18.4 Å². The van der Waals surface area contributed by atoms with Crippen LogP contribution < -0.4 is 15.8 Å². The van der Waals surface area contributed by atoms with Gasteiger partial charge in [-0.05, 0) is 31.4 Å². The molecule has 3 amide bonds. The number of aryl methyl sites for hydroxylation is 1. The summed E-state index contributed by atoms with van der Waals surface area (Å²) in [6.45, 7) is 1.86. The number of nitrogens with one attached hydrogen (secondary N) is 1. The fourth-order valence-corrected chi connectivity index (χ4v) is 2.62. The quantitative estimate of drug-likeness (QED) is 0.862. The van der Waals surface area contributed by atoms with Gasteiger partial charge in [0.2, 0.25) is 5.91 Å². The lowest BCUT2D eigenvalue weighted by molar-refractivity contribution is -0.121. The molecule has 0 aromatic heterocycles. The Morgan fingerprint density at radius 1 is 1.46 bits per heavy atom. The van der Waals surface area contributed by atoms with Gasteiger partial charge in [0.1, 0.15) is 12.4 Å². The highest BCUT2D eigenvalue weighted by Crippen LogP contribution is 2.25. The number of likely N-dealkylation sites (tertiary alicyclic amines) is 1. The van der Waals surface area contributed by atoms with Gasteiger partial charge in [-0.25, -0.2) is 13.6 Å². The summed E-state index contributed by atoms with van der Waals surface area (Å²) >= 11 is 0. The third-order valence-electron chi connectivity index (χ3n) is 3.92. The fourth-order valence-electron chi connectivity index (χ4n) is 2.62. The van der Waals surface area contributed by atoms with Crippen molar-refractivity contribution in [1.29, 1.82) is 0 Å². The Balaban J connectivity index is 2.00. The van der Waals surface area contributed by atoms with Crippen LogP contribution in [0, 0.1) is 12.8 Å². The fraction of sp³-hybridized carbons (Fsp3) is 0.500. The Labute approximate surface area is 138 Å². The molecule has 0 radical (unpaired) electrons. The second kappa shape index (κ2) is 7.94. The summed E-state index contributed by atoms with van der Waals surface area (Å²) < 4.78 is 29.6. The second-order valence-electron chi connectivity index (χ2n) is 5.80. The Morgan fingerprint density at radius 2 is 2.21 bits per heavy atom. The van der Waals surface area contributed by atoms with Crippen molar-refractivity contribution in [3.8, 4) is 5.75 Å². The number of hydrogen-bond acceptors (Lipinski definition) is 3. The maximum atomic E-state index is 12.3. The normalized spacial score (nSPS) is 17.7. The van der Waals surface area contributed by atoms with Crippen molar-refractivity contribution >= 4 is 17.6 Å². The highest BCUT2D eigenvalue weighted by Gasteiger charge is 2.27. The molecule has 6 nitrogen and oxygen atoms in total. The molecular formula is C16H21F2N3O3. The minimum Gasteiger partial charge on any atom is -0.487 e. The molecule has 1 aromatic rings. The topological polar surface area (TPSA) is 84.7 Å². The number of carbonyl (C=O) groups excluding carboxylic acids is 2. The summed E-state index contributed by atoms with van der Waals surface area (Å²) in [6, 6.07) is 4.35. The first-order chi connectivity index (χ1) is 11.4. The Bertz CT molecular complexity index is 610. The molecule has 3 N–H and O–H groups in total. The van der Waals surface area contributed by atoms with Crippen molar-refractivity contribution < 1.29 is 23.1 Å². The van der Waals surface area contributed by atoms with Crippen molar-refractivity contribution in [3.63, 3.8) is 0 Å². The van der Waals surface area contributed by atoms with E-state index in [0.717, 1.165) is 0 Å². The standard InChI is InChI=1S/C16H21F2N3O3/c1-10-4-5-12(7-13(10)24-9-14(17)18)20-15(22)11-3-2-6-21(8-11)16(19)23/h4-5,7,11,14H,2-3,6,8-9H2,1H3,(H2,19,23)(H,20,22)/t11-/m1/s1. The Hall–Kier alpha value is -2.38. The van der Waals surface area contributed by atoms with Crippen molar-refractivity contribution in [2.45, 2.75) is 26.2 Å². The minimum atomic E-state index is -2.57. The lowest BCUT2D eigenvalue weighted by Gasteiger charge is -2.30. The number of halogens is 2. The Morgan fingerprint density at radius 3 is 2.88 bits per heavy atom. The number of urea groups is 1. The van der Waals surface area contributed by atoms with E-state index in [2.05, 4.69) is 5.32 Å². The van der Waals surface area contributed by atoms with Crippen molar-refractivity contribution in [1.82, 2.24) is 4.90 Å². The van der Waals surface area contributed by atoms with Crippen LogP contribution in [0.3, 0.4) is 0 Å². The molecule has 2 rings (SSSR count). The molecule has 1 saturated heterocycles. The molecule has 8 heteroatoms. The van der Waals surface area contributed by atoms with Gasteiger partial charge in [0.05, 0.1) is 5.92 Å². The molecule has 1 aromatic carbocycles. The number of benzene rings is 1. The summed E-state index contributed by atoms with van der Waals surface area (Å²) in [7, 11) is 0. The number of nitrogens with two attached hydrogens (primary N) is 1. The summed E-state index contributed by atoms with van der Waals surface area (Å²) in [5.74, 6) is -0.280. The molecule has 1 atom stereocenters. The number of piperidine rings is 1. The minimum absolute atomic E-state index is 0.232. The number of primary amides is 1. The molecule has 0 bridgehead atoms. The van der Waals surface area contributed by atoms with Crippen molar-refractivity contribution in [2.75, 3.05) is 25.0 Å². The average Bonchev–Trinajstić information content (AvgIpc) is 2.55. The van der Waals surface area contributed by atoms with Crippen molar-refractivity contribution in [3.05, 3.63) is 23.8 Å². The first-order valence-corrected chi connectivity index (χ1v) is 7.73. The number of alkyl halides is 2. The van der Waals surface area contributed by atoms with E-state index >= 15 is 0 Å². The van der Waals surface area contributed by atoms with Crippen LogP contribution >= 0.6 is 0 Å². The van der Waals surface area contributed by atoms with Crippen LogP contribution in [0.5, 0.6) is 5.75 Å². The number of nitrogens with zero attached hydrogens (tertiary/aromatic N) is 1. The zero-order valence-electron chi connectivity index (χ0n) is 13.4. The molecule has 0 spiro atoms. The molecular weight excluding hydrogens is 320 g/mol. The number of anilines is 1. The van der Waals surface area contributed by atoms with E-state index in [1.165, 1.54) is 11.0 Å². The van der Waals surface area contributed by atoms with Crippen LogP contribution in [-0.4, -0.2) is 43.0 Å². The van der Waals surface area contributed by atoms with E-state index < -0.39 is 19.1 Å². The van der Waals surface area contributed by atoms with E-state index in [1.807, 2.05) is 0 Å². The predicted octanol–water partition coefficient (Wildman–Crippen LogP) is 2.37. The largest absolute Gasteiger partial charge is 0.487 e. The SMILES string of the molecule is Cc1ccc(NC(=O)[C@@H]2CCCN(C(N)=O)C2)cc1OCC(F)F. The van der Waals surface area contributed by atoms with Gasteiger partial charge in [0.25, 0.3) is 6.43 Å². The van der Waals surface area contributed by atoms with Gasteiger partial charge in [-0.2, -0.15) is 0 Å². The molecule has 0 aliphatic carbocycles. The van der Waals surface area contributed by atoms with E-state index in [0.29, 0.717) is 36.4 Å². The van der Waals surface area contributed by atoms with E-state index in [9.17, 15) is 18.4 Å². The van der Waals surface area contributed by atoms with Crippen LogP contribution in [0.15, 0.2) is 18.2 Å². The Kier molecular flexibility index (Phi) is 5.94. The van der Waals surface area contributed by atoms with Crippen molar-refractivity contribution in [2.24, 2.45) is 11.7 Å². The smallest absolute Gasteiger partial charge is 0.314 e. The van der Waals surface area contributed by atoms with Crippen LogP contribution in [0.2, 0.25) is 0 Å². The maximum Gasteiger partial charge on any atom is 0.314 e. The van der Waals surface area contributed by atoms with Gasteiger partial charge in [0, 0.05) is 24.8 Å². The van der Waals surface area contributed by atoms with E-state index in [4.69, 9.17) is 10.5 Å². The molecule has 132 valence electrons. The molecule has 1 aliphatic heterocycles. The third-order valence-corrected chi connectivity index (χ3v) is 3.92. The first kappa shape index (κ1) is 18.0. The molecule has 1 fully saturated rings. The third kappa shape index (κ3) is 4.81. The number of ether oxygens (including phenoxy) is 1. The molecule has 0 saturated carbocycles.